The quantitative estimate of drug-likeness (QED) is 0.570. The van der Waals surface area contributed by atoms with Crippen LogP contribution in [-0.2, 0) is 5.41 Å². The highest BCUT2D eigenvalue weighted by molar-refractivity contribution is 6.89. The molecule has 0 aromatic heterocycles. The van der Waals surface area contributed by atoms with Crippen molar-refractivity contribution in [3.8, 4) is 0 Å². The largest absolute Gasteiger partial charge is 0.117 e. The SMILES string of the molecule is CC1=C(C)C(C)(c2ccc(C)cc2)C([Si]c2cc(C)cc([Si](C)(C)C)c2)=C1C. The maximum atomic E-state index is 2.50. The van der Waals surface area contributed by atoms with E-state index in [0.717, 1.165) is 0 Å². The molecule has 2 radical (unpaired) electrons. The molecule has 1 aliphatic carbocycles. The van der Waals surface area contributed by atoms with Gasteiger partial charge < -0.3 is 0 Å². The minimum atomic E-state index is -1.32. The third kappa shape index (κ3) is 3.65. The van der Waals surface area contributed by atoms with Crippen LogP contribution in [0.1, 0.15) is 44.4 Å². The molecule has 1 unspecified atom stereocenters. The minimum absolute atomic E-state index is 0.00335. The van der Waals surface area contributed by atoms with Crippen LogP contribution in [0.5, 0.6) is 0 Å². The standard InChI is InChI=1S/C26H34Si2/c1-17-10-12-22(13-11-17)26(6)21(5)19(3)20(4)25(26)27-23-14-18(2)15-24(16-23)28(7,8)9/h10-16H,1-9H3. The van der Waals surface area contributed by atoms with Gasteiger partial charge in [-0.3, -0.25) is 0 Å². The lowest BCUT2D eigenvalue weighted by atomic mass is 9.77. The van der Waals surface area contributed by atoms with Crippen LogP contribution in [0.2, 0.25) is 19.6 Å². The predicted octanol–water partition coefficient (Wildman–Crippen LogP) is 5.76. The fourth-order valence-corrected chi connectivity index (χ4v) is 7.47. The van der Waals surface area contributed by atoms with Crippen molar-refractivity contribution < 1.29 is 0 Å². The van der Waals surface area contributed by atoms with Gasteiger partial charge in [0.25, 0.3) is 0 Å². The number of hydrogen-bond acceptors (Lipinski definition) is 0. The molecule has 0 spiro atoms. The summed E-state index contributed by atoms with van der Waals surface area (Å²) in [6, 6.07) is 16.5. The second kappa shape index (κ2) is 7.31. The van der Waals surface area contributed by atoms with Crippen LogP contribution in [0.15, 0.2) is 64.4 Å². The first-order valence-electron chi connectivity index (χ1n) is 10.3. The van der Waals surface area contributed by atoms with Gasteiger partial charge in [-0.15, -0.1) is 0 Å². The van der Waals surface area contributed by atoms with Crippen molar-refractivity contribution in [1.82, 2.24) is 0 Å². The molecule has 0 fully saturated rings. The first-order valence-corrected chi connectivity index (χ1v) is 14.8. The van der Waals surface area contributed by atoms with Gasteiger partial charge in [0.05, 0.1) is 8.07 Å². The lowest BCUT2D eigenvalue weighted by Crippen LogP contribution is -2.41. The van der Waals surface area contributed by atoms with Crippen molar-refractivity contribution >= 4 is 28.0 Å². The molecule has 2 aromatic carbocycles. The molecule has 0 amide bonds. The Morgan fingerprint density at radius 3 is 1.93 bits per heavy atom. The molecule has 0 heterocycles. The van der Waals surface area contributed by atoms with E-state index in [1.807, 2.05) is 0 Å². The van der Waals surface area contributed by atoms with Crippen LogP contribution in [-0.4, -0.2) is 17.6 Å². The van der Waals surface area contributed by atoms with Gasteiger partial charge in [0.15, 0.2) is 0 Å². The summed E-state index contributed by atoms with van der Waals surface area (Å²) in [5, 5.41) is 4.66. The van der Waals surface area contributed by atoms with Crippen molar-refractivity contribution in [2.45, 2.75) is 66.6 Å². The number of allylic oxidation sites excluding steroid dienone is 4. The third-order valence-corrected chi connectivity index (χ3v) is 10.3. The summed E-state index contributed by atoms with van der Waals surface area (Å²) in [6.45, 7) is 21.2. The van der Waals surface area contributed by atoms with E-state index in [4.69, 9.17) is 0 Å². The Bertz CT molecular complexity index is 968. The summed E-state index contributed by atoms with van der Waals surface area (Å²) >= 11 is 0. The second-order valence-electron chi connectivity index (χ2n) is 9.70. The summed E-state index contributed by atoms with van der Waals surface area (Å²) < 4.78 is 0. The fraction of sp³-hybridized carbons (Fsp3) is 0.385. The molecular formula is C26H34Si2. The first-order chi connectivity index (χ1) is 12.9. The van der Waals surface area contributed by atoms with Crippen LogP contribution in [0, 0.1) is 13.8 Å². The summed E-state index contributed by atoms with van der Waals surface area (Å²) in [5.74, 6) is 0. The van der Waals surface area contributed by atoms with Gasteiger partial charge in [0.1, 0.15) is 9.52 Å². The second-order valence-corrected chi connectivity index (χ2v) is 16.1. The van der Waals surface area contributed by atoms with E-state index in [1.54, 1.807) is 10.4 Å². The van der Waals surface area contributed by atoms with Gasteiger partial charge in [-0.05, 0) is 52.7 Å². The monoisotopic (exact) mass is 402 g/mol. The molecule has 0 aliphatic heterocycles. The van der Waals surface area contributed by atoms with E-state index in [1.165, 1.54) is 38.6 Å². The van der Waals surface area contributed by atoms with Crippen molar-refractivity contribution in [1.29, 1.82) is 0 Å². The van der Waals surface area contributed by atoms with Crippen molar-refractivity contribution in [2.24, 2.45) is 0 Å². The average molecular weight is 403 g/mol. The molecule has 28 heavy (non-hydrogen) atoms. The van der Waals surface area contributed by atoms with Crippen molar-refractivity contribution in [2.75, 3.05) is 0 Å². The van der Waals surface area contributed by atoms with Gasteiger partial charge >= 0.3 is 0 Å². The molecule has 1 atom stereocenters. The fourth-order valence-electron chi connectivity index (χ4n) is 4.31. The molecule has 1 aliphatic rings. The normalized spacial score (nSPS) is 20.3. The Morgan fingerprint density at radius 2 is 1.36 bits per heavy atom. The van der Waals surface area contributed by atoms with Gasteiger partial charge in [0, 0.05) is 5.41 Å². The number of hydrogen-bond donors (Lipinski definition) is 0. The van der Waals surface area contributed by atoms with Crippen LogP contribution in [0.3, 0.4) is 0 Å². The number of aryl methyl sites for hydroxylation is 2. The maximum Gasteiger partial charge on any atom is 0.117 e. The lowest BCUT2D eigenvalue weighted by Gasteiger charge is -2.32. The summed E-state index contributed by atoms with van der Waals surface area (Å²) in [7, 11) is -0.607. The predicted molar refractivity (Wildman–Crippen MR) is 129 cm³/mol. The molecule has 2 heteroatoms. The lowest BCUT2D eigenvalue weighted by molar-refractivity contribution is 0.696. The molecule has 0 saturated heterocycles. The van der Waals surface area contributed by atoms with Gasteiger partial charge in [-0.25, -0.2) is 0 Å². The first kappa shape index (κ1) is 21.1. The molecule has 3 rings (SSSR count). The van der Waals surface area contributed by atoms with E-state index < -0.39 is 8.07 Å². The van der Waals surface area contributed by atoms with E-state index in [2.05, 4.69) is 104 Å². The number of rotatable bonds is 4. The van der Waals surface area contributed by atoms with Crippen LogP contribution < -0.4 is 10.4 Å². The van der Waals surface area contributed by atoms with Crippen molar-refractivity contribution in [3.05, 3.63) is 81.1 Å². The van der Waals surface area contributed by atoms with Gasteiger partial charge in [-0.1, -0.05) is 99.9 Å². The minimum Gasteiger partial charge on any atom is -0.0656 e. The Kier molecular flexibility index (Phi) is 5.50. The van der Waals surface area contributed by atoms with E-state index in [9.17, 15) is 0 Å². The molecule has 0 saturated carbocycles. The van der Waals surface area contributed by atoms with Crippen LogP contribution in [0.4, 0.5) is 0 Å². The average Bonchev–Trinajstić information content (AvgIpc) is 2.77. The number of benzene rings is 2. The van der Waals surface area contributed by atoms with Gasteiger partial charge in [-0.2, -0.15) is 0 Å². The van der Waals surface area contributed by atoms with Crippen LogP contribution in [0.25, 0.3) is 0 Å². The summed E-state index contributed by atoms with van der Waals surface area (Å²) in [4.78, 5) is 0. The molecule has 146 valence electrons. The Balaban J connectivity index is 2.10. The summed E-state index contributed by atoms with van der Waals surface area (Å²) in [6.07, 6.45) is 0. The Hall–Kier alpha value is -1.65. The van der Waals surface area contributed by atoms with Crippen LogP contribution >= 0.6 is 0 Å². The Morgan fingerprint density at radius 1 is 0.750 bits per heavy atom. The molecular weight excluding hydrogens is 368 g/mol. The van der Waals surface area contributed by atoms with Crippen molar-refractivity contribution in [3.63, 3.8) is 0 Å². The van der Waals surface area contributed by atoms with E-state index in [-0.39, 0.29) is 5.41 Å². The molecule has 0 bridgehead atoms. The molecule has 2 aromatic rings. The Labute approximate surface area is 175 Å². The van der Waals surface area contributed by atoms with E-state index >= 15 is 0 Å². The highest BCUT2D eigenvalue weighted by Crippen LogP contribution is 2.48. The highest BCUT2D eigenvalue weighted by atomic mass is 28.3. The smallest absolute Gasteiger partial charge is 0.0656 e. The topological polar surface area (TPSA) is 0 Å². The zero-order chi connectivity index (χ0) is 20.9. The van der Waals surface area contributed by atoms with Gasteiger partial charge in [0.2, 0.25) is 0 Å². The third-order valence-electron chi connectivity index (χ3n) is 6.59. The zero-order valence-corrected chi connectivity index (χ0v) is 21.0. The summed E-state index contributed by atoms with van der Waals surface area (Å²) in [5.41, 5.74) is 8.63. The highest BCUT2D eigenvalue weighted by Gasteiger charge is 2.40. The van der Waals surface area contributed by atoms with E-state index in [0.29, 0.717) is 9.52 Å². The maximum absolute atomic E-state index is 2.50. The molecule has 0 N–H and O–H groups in total. The molecule has 0 nitrogen and oxygen atoms in total. The zero-order valence-electron chi connectivity index (χ0n) is 19.0.